The first-order valence-corrected chi connectivity index (χ1v) is 9.60. The third kappa shape index (κ3) is 2.98. The Kier molecular flexibility index (Phi) is 3.93. The second-order valence-corrected chi connectivity index (χ2v) is 8.06. The van der Waals surface area contributed by atoms with Gasteiger partial charge in [-0.3, -0.25) is 0 Å². The minimum absolute atomic E-state index is 0.351. The summed E-state index contributed by atoms with van der Waals surface area (Å²) in [5.41, 5.74) is 1.84. The first-order chi connectivity index (χ1) is 12.0. The van der Waals surface area contributed by atoms with Crippen LogP contribution in [0, 0.1) is 6.92 Å². The number of imidazole rings is 1. The van der Waals surface area contributed by atoms with Crippen molar-refractivity contribution in [1.82, 2.24) is 18.9 Å². The Balaban J connectivity index is 1.49. The Morgan fingerprint density at radius 3 is 2.40 bits per heavy atom. The zero-order chi connectivity index (χ0) is 17.4. The highest BCUT2D eigenvalue weighted by molar-refractivity contribution is 7.89. The van der Waals surface area contributed by atoms with Crippen LogP contribution < -0.4 is 4.90 Å². The molecule has 3 aromatic rings. The molecule has 1 aliphatic heterocycles. The van der Waals surface area contributed by atoms with E-state index in [0.29, 0.717) is 31.1 Å². The molecule has 4 rings (SSSR count). The van der Waals surface area contributed by atoms with Crippen molar-refractivity contribution in [3.05, 3.63) is 54.4 Å². The molecule has 7 nitrogen and oxygen atoms in total. The maximum atomic E-state index is 12.8. The lowest BCUT2D eigenvalue weighted by Crippen LogP contribution is -2.49. The molecule has 0 amide bonds. The molecular formula is C17H19N5O2S. The van der Waals surface area contributed by atoms with Crippen LogP contribution in [0.2, 0.25) is 0 Å². The summed E-state index contributed by atoms with van der Waals surface area (Å²) in [7, 11) is -3.44. The summed E-state index contributed by atoms with van der Waals surface area (Å²) in [4.78, 5) is 6.63. The molecule has 1 fully saturated rings. The van der Waals surface area contributed by atoms with Gasteiger partial charge in [-0.25, -0.2) is 17.9 Å². The van der Waals surface area contributed by atoms with Crippen molar-refractivity contribution < 1.29 is 8.42 Å². The largest absolute Gasteiger partial charge is 0.353 e. The maximum Gasteiger partial charge on any atom is 0.243 e. The molecule has 2 aromatic heterocycles. The average Bonchev–Trinajstić information content (AvgIpc) is 3.10. The van der Waals surface area contributed by atoms with E-state index in [1.807, 2.05) is 31.2 Å². The van der Waals surface area contributed by atoms with Gasteiger partial charge < -0.3 is 4.90 Å². The molecule has 0 radical (unpaired) electrons. The van der Waals surface area contributed by atoms with E-state index >= 15 is 0 Å². The molecule has 3 heterocycles. The van der Waals surface area contributed by atoms with E-state index in [2.05, 4.69) is 15.0 Å². The number of nitrogens with zero attached hydrogens (tertiary/aromatic N) is 5. The topological polar surface area (TPSA) is 70.8 Å². The molecule has 8 heteroatoms. The lowest BCUT2D eigenvalue weighted by molar-refractivity contribution is 0.383. The second kappa shape index (κ2) is 6.12. The van der Waals surface area contributed by atoms with Crippen molar-refractivity contribution in [1.29, 1.82) is 0 Å². The lowest BCUT2D eigenvalue weighted by Gasteiger charge is -2.34. The molecule has 0 spiro atoms. The third-order valence-corrected chi connectivity index (χ3v) is 6.38. The van der Waals surface area contributed by atoms with Gasteiger partial charge >= 0.3 is 0 Å². The van der Waals surface area contributed by atoms with Crippen LogP contribution in [0.1, 0.15) is 5.56 Å². The summed E-state index contributed by atoms with van der Waals surface area (Å²) in [5, 5.41) is 4.53. The number of aromatic nitrogens is 3. The highest BCUT2D eigenvalue weighted by atomic mass is 32.2. The first-order valence-electron chi connectivity index (χ1n) is 8.16. The zero-order valence-electron chi connectivity index (χ0n) is 13.9. The highest BCUT2D eigenvalue weighted by Gasteiger charge is 2.28. The Morgan fingerprint density at radius 1 is 0.960 bits per heavy atom. The van der Waals surface area contributed by atoms with Gasteiger partial charge in [0.05, 0.1) is 4.90 Å². The van der Waals surface area contributed by atoms with Gasteiger partial charge in [-0.15, -0.1) is 5.10 Å². The fourth-order valence-corrected chi connectivity index (χ4v) is 4.41. The molecule has 1 saturated heterocycles. The summed E-state index contributed by atoms with van der Waals surface area (Å²) in [6, 6.07) is 10.8. The van der Waals surface area contributed by atoms with Gasteiger partial charge in [0.2, 0.25) is 10.0 Å². The fraction of sp³-hybridized carbons (Fsp3) is 0.294. The quantitative estimate of drug-likeness (QED) is 0.711. The minimum Gasteiger partial charge on any atom is -0.353 e. The molecule has 1 aliphatic rings. The van der Waals surface area contributed by atoms with Gasteiger partial charge in [-0.1, -0.05) is 17.7 Å². The molecule has 0 bridgehead atoms. The molecule has 1 aromatic carbocycles. The van der Waals surface area contributed by atoms with E-state index < -0.39 is 10.0 Å². The van der Waals surface area contributed by atoms with Crippen LogP contribution in [0.5, 0.6) is 0 Å². The van der Waals surface area contributed by atoms with Gasteiger partial charge in [-0.2, -0.15) is 4.31 Å². The maximum absolute atomic E-state index is 12.8. The van der Waals surface area contributed by atoms with E-state index in [0.717, 1.165) is 17.0 Å². The van der Waals surface area contributed by atoms with E-state index in [9.17, 15) is 8.42 Å². The van der Waals surface area contributed by atoms with Gasteiger partial charge in [0.1, 0.15) is 5.82 Å². The van der Waals surface area contributed by atoms with Crippen molar-refractivity contribution in [2.24, 2.45) is 0 Å². The van der Waals surface area contributed by atoms with Crippen LogP contribution in [-0.4, -0.2) is 53.5 Å². The number of benzene rings is 1. The van der Waals surface area contributed by atoms with Crippen LogP contribution in [0.3, 0.4) is 0 Å². The summed E-state index contributed by atoms with van der Waals surface area (Å²) in [6.07, 6.45) is 3.51. The Morgan fingerprint density at radius 2 is 1.68 bits per heavy atom. The van der Waals surface area contributed by atoms with Crippen molar-refractivity contribution in [3.8, 4) is 0 Å². The Bertz CT molecular complexity index is 989. The predicted molar refractivity (Wildman–Crippen MR) is 95.1 cm³/mol. The summed E-state index contributed by atoms with van der Waals surface area (Å²) in [6.45, 7) is 4.05. The van der Waals surface area contributed by atoms with Crippen molar-refractivity contribution in [2.45, 2.75) is 11.8 Å². The molecular weight excluding hydrogens is 338 g/mol. The van der Waals surface area contributed by atoms with Crippen LogP contribution in [0.4, 0.5) is 5.82 Å². The SMILES string of the molecule is Cc1ccc(S(=O)(=O)N2CCN(c3ccc4nccn4n3)CC2)cc1. The van der Waals surface area contributed by atoms with Gasteiger partial charge in [0, 0.05) is 38.6 Å². The van der Waals surface area contributed by atoms with Crippen LogP contribution in [0.15, 0.2) is 53.7 Å². The zero-order valence-corrected chi connectivity index (χ0v) is 14.7. The van der Waals surface area contributed by atoms with E-state index in [1.165, 1.54) is 0 Å². The van der Waals surface area contributed by atoms with E-state index in [-0.39, 0.29) is 0 Å². The molecule has 0 aliphatic carbocycles. The smallest absolute Gasteiger partial charge is 0.243 e. The number of hydrogen-bond acceptors (Lipinski definition) is 5. The fourth-order valence-electron chi connectivity index (χ4n) is 2.99. The molecule has 0 N–H and O–H groups in total. The summed E-state index contributed by atoms with van der Waals surface area (Å²) < 4.78 is 28.8. The summed E-state index contributed by atoms with van der Waals surface area (Å²) >= 11 is 0. The number of hydrogen-bond donors (Lipinski definition) is 0. The Hall–Kier alpha value is -2.45. The minimum atomic E-state index is -3.44. The normalized spacial score (nSPS) is 16.4. The van der Waals surface area contributed by atoms with Gasteiger partial charge in [-0.05, 0) is 31.2 Å². The lowest BCUT2D eigenvalue weighted by atomic mass is 10.2. The predicted octanol–water partition coefficient (Wildman–Crippen LogP) is 1.55. The second-order valence-electron chi connectivity index (χ2n) is 6.13. The monoisotopic (exact) mass is 357 g/mol. The van der Waals surface area contributed by atoms with Crippen molar-refractivity contribution in [2.75, 3.05) is 31.1 Å². The molecule has 0 atom stereocenters. The third-order valence-electron chi connectivity index (χ3n) is 4.46. The number of aryl methyl sites for hydroxylation is 1. The van der Waals surface area contributed by atoms with Crippen molar-refractivity contribution in [3.63, 3.8) is 0 Å². The molecule has 0 saturated carbocycles. The van der Waals surface area contributed by atoms with Crippen LogP contribution >= 0.6 is 0 Å². The van der Waals surface area contributed by atoms with Gasteiger partial charge in [0.25, 0.3) is 0 Å². The van der Waals surface area contributed by atoms with Crippen LogP contribution in [0.25, 0.3) is 5.65 Å². The molecule has 25 heavy (non-hydrogen) atoms. The van der Waals surface area contributed by atoms with Crippen LogP contribution in [-0.2, 0) is 10.0 Å². The van der Waals surface area contributed by atoms with E-state index in [4.69, 9.17) is 0 Å². The average molecular weight is 357 g/mol. The first kappa shape index (κ1) is 16.0. The highest BCUT2D eigenvalue weighted by Crippen LogP contribution is 2.20. The molecule has 130 valence electrons. The van der Waals surface area contributed by atoms with Crippen molar-refractivity contribution >= 4 is 21.5 Å². The Labute approximate surface area is 146 Å². The van der Waals surface area contributed by atoms with Gasteiger partial charge in [0.15, 0.2) is 5.65 Å². The molecule has 0 unspecified atom stereocenters. The number of piperazine rings is 1. The summed E-state index contributed by atoms with van der Waals surface area (Å²) in [5.74, 6) is 0.831. The van der Waals surface area contributed by atoms with E-state index in [1.54, 1.807) is 33.3 Å². The standard InChI is InChI=1S/C17H19N5O2S/c1-14-2-4-15(5-3-14)25(23,24)21-12-10-20(11-13-21)17-7-6-16-18-8-9-22(16)19-17/h2-9H,10-13H2,1H3. The number of fused-ring (bicyclic) bond motifs is 1. The number of rotatable bonds is 3. The number of anilines is 1. The number of sulfonamides is 1.